The number of hydrogen-bond donors (Lipinski definition) is 2. The van der Waals surface area contributed by atoms with E-state index in [0.717, 1.165) is 0 Å². The fraction of sp³-hybridized carbons (Fsp3) is 0. The summed E-state index contributed by atoms with van der Waals surface area (Å²) in [4.78, 5) is 2.68. The molecule has 1 rings (SSSR count). The Morgan fingerprint density at radius 3 is 2.43 bits per heavy atom. The van der Waals surface area contributed by atoms with E-state index in [1.54, 1.807) is 12.1 Å². The Hall–Kier alpha value is -0.630. The van der Waals surface area contributed by atoms with E-state index in [9.17, 15) is 0 Å². The summed E-state index contributed by atoms with van der Waals surface area (Å²) < 4.78 is 0. The van der Waals surface area contributed by atoms with Gasteiger partial charge in [-0.05, 0) is 12.1 Å². The van der Waals surface area contributed by atoms with Crippen LogP contribution in [0.5, 0.6) is 0 Å². The van der Waals surface area contributed by atoms with Crippen LogP contribution in [0.4, 0.5) is 5.82 Å². The van der Waals surface area contributed by atoms with E-state index in [1.807, 2.05) is 0 Å². The maximum absolute atomic E-state index is 5.42. The lowest BCUT2D eigenvalue weighted by atomic mass is 10.6. The molecule has 3 N–H and O–H groups in total. The zero-order valence-corrected chi connectivity index (χ0v) is 4.37. The molecule has 7 heavy (non-hydrogen) atoms. The number of nitrogens with one attached hydrogen (secondary N) is 1. The number of nitrogen functional groups attached to an aromatic ring is 1. The Morgan fingerprint density at radius 1 is 1.57 bits per heavy atom. The first-order valence-corrected chi connectivity index (χ1v) is 2.27. The van der Waals surface area contributed by atoms with Crippen molar-refractivity contribution in [3.63, 3.8) is 0 Å². The van der Waals surface area contributed by atoms with Gasteiger partial charge in [0.1, 0.15) is 11.0 Å². The molecular weight excluding hydrogens is 112 g/mol. The van der Waals surface area contributed by atoms with Gasteiger partial charge in [-0.3, -0.25) is 0 Å². The van der Waals surface area contributed by atoms with Crippen LogP contribution in [0.25, 0.3) is 0 Å². The minimum Gasteiger partial charge on any atom is -0.385 e. The van der Waals surface area contributed by atoms with Gasteiger partial charge in [0.2, 0.25) is 0 Å². The fourth-order valence-electron chi connectivity index (χ4n) is 0.384. The van der Waals surface area contributed by atoms with E-state index < -0.39 is 0 Å². The van der Waals surface area contributed by atoms with Crippen molar-refractivity contribution in [1.82, 2.24) is 4.98 Å². The summed E-state index contributed by atoms with van der Waals surface area (Å²) in [5.41, 5.74) is 5.24. The molecular formula is C4H5ClN2. The molecule has 0 saturated heterocycles. The first-order valence-electron chi connectivity index (χ1n) is 1.89. The third-order valence-electron chi connectivity index (χ3n) is 0.673. The average Bonchev–Trinajstić information content (AvgIpc) is 1.87. The molecule has 1 heterocycles. The van der Waals surface area contributed by atoms with E-state index >= 15 is 0 Å². The third-order valence-corrected chi connectivity index (χ3v) is 0.893. The molecule has 0 radical (unpaired) electrons. The monoisotopic (exact) mass is 116 g/mol. The zero-order valence-electron chi connectivity index (χ0n) is 3.61. The summed E-state index contributed by atoms with van der Waals surface area (Å²) in [6.07, 6.45) is 0. The highest BCUT2D eigenvalue weighted by atomic mass is 35.5. The van der Waals surface area contributed by atoms with E-state index in [0.29, 0.717) is 11.0 Å². The van der Waals surface area contributed by atoms with Crippen molar-refractivity contribution in [2.24, 2.45) is 0 Å². The molecule has 38 valence electrons. The lowest BCUT2D eigenvalue weighted by molar-refractivity contribution is 1.42. The van der Waals surface area contributed by atoms with Crippen LogP contribution < -0.4 is 5.73 Å². The minimum atomic E-state index is 0.581. The van der Waals surface area contributed by atoms with Crippen LogP contribution in [0, 0.1) is 0 Å². The maximum atomic E-state index is 5.42. The first-order chi connectivity index (χ1) is 3.29. The Bertz CT molecular complexity index is 142. The molecule has 1 aromatic rings. The molecule has 0 aromatic carbocycles. The highest BCUT2D eigenvalue weighted by Gasteiger charge is 1.85. The van der Waals surface area contributed by atoms with Gasteiger partial charge in [0.05, 0.1) is 0 Å². The summed E-state index contributed by atoms with van der Waals surface area (Å²) in [5.74, 6) is 0.602. The molecule has 1 aromatic heterocycles. The molecule has 0 spiro atoms. The van der Waals surface area contributed by atoms with Gasteiger partial charge >= 0.3 is 0 Å². The molecule has 0 fully saturated rings. The fourth-order valence-corrected chi connectivity index (χ4v) is 0.556. The van der Waals surface area contributed by atoms with Crippen molar-refractivity contribution < 1.29 is 0 Å². The highest BCUT2D eigenvalue weighted by Crippen LogP contribution is 2.06. The van der Waals surface area contributed by atoms with Crippen molar-refractivity contribution in [3.8, 4) is 0 Å². The Kier molecular flexibility index (Phi) is 0.947. The van der Waals surface area contributed by atoms with Crippen LogP contribution in [-0.4, -0.2) is 4.98 Å². The topological polar surface area (TPSA) is 41.8 Å². The summed E-state index contributed by atoms with van der Waals surface area (Å²) >= 11 is 5.42. The van der Waals surface area contributed by atoms with E-state index in [-0.39, 0.29) is 0 Å². The van der Waals surface area contributed by atoms with Crippen LogP contribution in [0.3, 0.4) is 0 Å². The smallest absolute Gasteiger partial charge is 0.107 e. The van der Waals surface area contributed by atoms with Crippen LogP contribution in [0.15, 0.2) is 12.1 Å². The van der Waals surface area contributed by atoms with Crippen LogP contribution in [0.1, 0.15) is 0 Å². The summed E-state index contributed by atoms with van der Waals surface area (Å²) in [6, 6.07) is 3.42. The normalized spacial score (nSPS) is 9.29. The number of hydrogen-bond acceptors (Lipinski definition) is 1. The van der Waals surface area contributed by atoms with Crippen molar-refractivity contribution in [2.75, 3.05) is 5.73 Å². The molecule has 0 amide bonds. The van der Waals surface area contributed by atoms with Crippen LogP contribution in [-0.2, 0) is 0 Å². The first kappa shape index (κ1) is 4.53. The number of H-pyrrole nitrogens is 1. The number of aromatic amines is 1. The number of halogens is 1. The van der Waals surface area contributed by atoms with Gasteiger partial charge in [-0.2, -0.15) is 0 Å². The Labute approximate surface area is 46.3 Å². The molecule has 0 unspecified atom stereocenters. The number of nitrogens with two attached hydrogens (primary N) is 1. The van der Waals surface area contributed by atoms with E-state index in [1.165, 1.54) is 0 Å². The van der Waals surface area contributed by atoms with Crippen molar-refractivity contribution >= 4 is 17.4 Å². The highest BCUT2D eigenvalue weighted by molar-refractivity contribution is 6.29. The third kappa shape index (κ3) is 0.871. The zero-order chi connectivity index (χ0) is 5.28. The second-order valence-electron chi connectivity index (χ2n) is 1.26. The number of anilines is 1. The number of aromatic nitrogens is 1. The number of rotatable bonds is 0. The predicted molar refractivity (Wildman–Crippen MR) is 30.2 cm³/mol. The molecule has 0 aliphatic heterocycles. The summed E-state index contributed by atoms with van der Waals surface area (Å²) in [5, 5.41) is 0.581. The lowest BCUT2D eigenvalue weighted by Gasteiger charge is -1.76. The minimum absolute atomic E-state index is 0.581. The molecule has 0 aliphatic rings. The van der Waals surface area contributed by atoms with Gasteiger partial charge in [0.15, 0.2) is 0 Å². The molecule has 0 aliphatic carbocycles. The Morgan fingerprint density at radius 2 is 2.29 bits per heavy atom. The Balaban J connectivity index is 3.04. The second kappa shape index (κ2) is 1.46. The largest absolute Gasteiger partial charge is 0.385 e. The van der Waals surface area contributed by atoms with E-state index in [2.05, 4.69) is 4.98 Å². The van der Waals surface area contributed by atoms with Gasteiger partial charge in [-0.1, -0.05) is 11.6 Å². The average molecular weight is 117 g/mol. The van der Waals surface area contributed by atoms with E-state index in [4.69, 9.17) is 17.3 Å². The molecule has 0 atom stereocenters. The van der Waals surface area contributed by atoms with Gasteiger partial charge in [0.25, 0.3) is 0 Å². The van der Waals surface area contributed by atoms with Crippen molar-refractivity contribution in [2.45, 2.75) is 0 Å². The van der Waals surface area contributed by atoms with Gasteiger partial charge < -0.3 is 10.7 Å². The molecule has 2 nitrogen and oxygen atoms in total. The van der Waals surface area contributed by atoms with Crippen molar-refractivity contribution in [3.05, 3.63) is 17.3 Å². The lowest BCUT2D eigenvalue weighted by Crippen LogP contribution is -1.80. The molecule has 0 bridgehead atoms. The van der Waals surface area contributed by atoms with Crippen molar-refractivity contribution in [1.29, 1.82) is 0 Å². The van der Waals surface area contributed by atoms with Crippen LogP contribution in [0.2, 0.25) is 5.15 Å². The predicted octanol–water partition coefficient (Wildman–Crippen LogP) is 1.25. The SMILES string of the molecule is Nc1ccc(Cl)[nH]1. The second-order valence-corrected chi connectivity index (χ2v) is 1.67. The maximum Gasteiger partial charge on any atom is 0.107 e. The molecule has 0 saturated carbocycles. The summed E-state index contributed by atoms with van der Waals surface area (Å²) in [7, 11) is 0. The summed E-state index contributed by atoms with van der Waals surface area (Å²) in [6.45, 7) is 0. The quantitative estimate of drug-likeness (QED) is 0.526. The van der Waals surface area contributed by atoms with Crippen LogP contribution >= 0.6 is 11.6 Å². The van der Waals surface area contributed by atoms with Gasteiger partial charge in [-0.25, -0.2) is 0 Å². The van der Waals surface area contributed by atoms with Gasteiger partial charge in [0, 0.05) is 0 Å². The standard InChI is InChI=1S/C4H5ClN2/c5-3-1-2-4(6)7-3/h1-2,7H,6H2. The van der Waals surface area contributed by atoms with Gasteiger partial charge in [-0.15, -0.1) is 0 Å². The molecule has 3 heteroatoms.